The molecule has 0 radical (unpaired) electrons. The molecule has 0 aromatic rings. The van der Waals surface area contributed by atoms with Gasteiger partial charge in [0.15, 0.2) is 0 Å². The molecule has 0 saturated carbocycles. The molecule has 6 heteroatoms. The van der Waals surface area contributed by atoms with E-state index in [9.17, 15) is 9.59 Å². The highest BCUT2D eigenvalue weighted by Gasteiger charge is 2.49. The van der Waals surface area contributed by atoms with E-state index in [2.05, 4.69) is 38.3 Å². The SMILES string of the molecule is CC1(C)NC(C)(C)N(CCCCCCN2C(=O)C(C)(C)NC2(C)C)C1=O. The summed E-state index contributed by atoms with van der Waals surface area (Å²) in [5.74, 6) is 0.362. The fourth-order valence-corrected chi connectivity index (χ4v) is 4.61. The Morgan fingerprint density at radius 2 is 0.923 bits per heavy atom. The Balaban J connectivity index is 1.74. The number of hydrogen-bond acceptors (Lipinski definition) is 4. The number of nitrogens with one attached hydrogen (secondary N) is 2. The molecule has 0 unspecified atom stereocenters. The summed E-state index contributed by atoms with van der Waals surface area (Å²) in [5, 5.41) is 6.81. The summed E-state index contributed by atoms with van der Waals surface area (Å²) < 4.78 is 0. The van der Waals surface area contributed by atoms with E-state index in [-0.39, 0.29) is 23.1 Å². The molecule has 0 bridgehead atoms. The van der Waals surface area contributed by atoms with Gasteiger partial charge in [0, 0.05) is 13.1 Å². The topological polar surface area (TPSA) is 64.7 Å². The Hall–Kier alpha value is -1.14. The second kappa shape index (κ2) is 6.79. The number of unbranched alkanes of at least 4 members (excludes halogenated alkanes) is 3. The van der Waals surface area contributed by atoms with Crippen LogP contribution in [-0.2, 0) is 9.59 Å². The molecule has 150 valence electrons. The first kappa shape index (κ1) is 21.2. The lowest BCUT2D eigenvalue weighted by Gasteiger charge is -2.32. The van der Waals surface area contributed by atoms with E-state index in [1.807, 2.05) is 37.5 Å². The van der Waals surface area contributed by atoms with Crippen LogP contribution < -0.4 is 10.6 Å². The minimum atomic E-state index is -0.481. The number of carbonyl (C=O) groups excluding carboxylic acids is 2. The molecule has 2 aliphatic heterocycles. The van der Waals surface area contributed by atoms with Gasteiger partial charge in [-0.15, -0.1) is 0 Å². The monoisotopic (exact) mass is 366 g/mol. The van der Waals surface area contributed by atoms with Crippen LogP contribution in [0.1, 0.15) is 81.1 Å². The second-order valence-corrected chi connectivity index (χ2v) is 9.95. The van der Waals surface area contributed by atoms with Crippen LogP contribution in [0, 0.1) is 0 Å². The van der Waals surface area contributed by atoms with Crippen LogP contribution in [0.5, 0.6) is 0 Å². The average Bonchev–Trinajstić information content (AvgIpc) is 2.71. The van der Waals surface area contributed by atoms with Gasteiger partial charge in [0.1, 0.15) is 0 Å². The highest BCUT2D eigenvalue weighted by atomic mass is 16.2. The van der Waals surface area contributed by atoms with Gasteiger partial charge in [0.25, 0.3) is 0 Å². The quantitative estimate of drug-likeness (QED) is 0.679. The molecule has 6 nitrogen and oxygen atoms in total. The Morgan fingerprint density at radius 1 is 0.615 bits per heavy atom. The highest BCUT2D eigenvalue weighted by Crippen LogP contribution is 2.29. The van der Waals surface area contributed by atoms with Gasteiger partial charge in [0.05, 0.1) is 22.4 Å². The van der Waals surface area contributed by atoms with Crippen LogP contribution in [0.15, 0.2) is 0 Å². The molecular weight excluding hydrogens is 328 g/mol. The van der Waals surface area contributed by atoms with Gasteiger partial charge in [-0.2, -0.15) is 0 Å². The molecule has 2 heterocycles. The van der Waals surface area contributed by atoms with Crippen molar-refractivity contribution in [3.8, 4) is 0 Å². The zero-order valence-electron chi connectivity index (χ0n) is 18.0. The van der Waals surface area contributed by atoms with E-state index in [4.69, 9.17) is 0 Å². The Kier molecular flexibility index (Phi) is 5.52. The molecule has 26 heavy (non-hydrogen) atoms. The van der Waals surface area contributed by atoms with Gasteiger partial charge < -0.3 is 9.80 Å². The molecule has 0 aliphatic carbocycles. The zero-order valence-corrected chi connectivity index (χ0v) is 18.0. The first-order valence-corrected chi connectivity index (χ1v) is 9.94. The van der Waals surface area contributed by atoms with Crippen molar-refractivity contribution in [1.82, 2.24) is 20.4 Å². The average molecular weight is 367 g/mol. The van der Waals surface area contributed by atoms with Crippen molar-refractivity contribution in [2.75, 3.05) is 13.1 Å². The van der Waals surface area contributed by atoms with E-state index >= 15 is 0 Å². The number of amides is 2. The Bertz CT molecular complexity index is 516. The van der Waals surface area contributed by atoms with Crippen molar-refractivity contribution in [2.24, 2.45) is 0 Å². The summed E-state index contributed by atoms with van der Waals surface area (Å²) in [4.78, 5) is 29.0. The molecule has 2 N–H and O–H groups in total. The van der Waals surface area contributed by atoms with Gasteiger partial charge >= 0.3 is 0 Å². The standard InChI is InChI=1S/C20H38N4O2/c1-17(2)15(25)23(19(5,6)21-17)13-11-9-10-12-14-24-16(26)18(3,4)22-20(24,7)8/h21-22H,9-14H2,1-8H3. The van der Waals surface area contributed by atoms with Crippen molar-refractivity contribution in [1.29, 1.82) is 0 Å². The first-order chi connectivity index (χ1) is 11.7. The number of nitrogens with zero attached hydrogens (tertiary/aromatic N) is 2. The summed E-state index contributed by atoms with van der Waals surface area (Å²) >= 11 is 0. The van der Waals surface area contributed by atoms with E-state index in [1.165, 1.54) is 0 Å². The third kappa shape index (κ3) is 4.06. The van der Waals surface area contributed by atoms with Gasteiger partial charge in [-0.3, -0.25) is 20.2 Å². The normalized spacial score (nSPS) is 26.0. The van der Waals surface area contributed by atoms with Crippen LogP contribution in [-0.4, -0.2) is 57.1 Å². The van der Waals surface area contributed by atoms with Crippen LogP contribution >= 0.6 is 0 Å². The maximum atomic E-state index is 12.5. The van der Waals surface area contributed by atoms with E-state index < -0.39 is 11.1 Å². The van der Waals surface area contributed by atoms with E-state index in [0.29, 0.717) is 0 Å². The molecule has 0 aromatic carbocycles. The lowest BCUT2D eigenvalue weighted by Crippen LogP contribution is -2.48. The van der Waals surface area contributed by atoms with Crippen molar-refractivity contribution in [3.63, 3.8) is 0 Å². The van der Waals surface area contributed by atoms with Crippen molar-refractivity contribution in [2.45, 2.75) is 103 Å². The van der Waals surface area contributed by atoms with E-state index in [1.54, 1.807) is 0 Å². The van der Waals surface area contributed by atoms with Crippen LogP contribution in [0.3, 0.4) is 0 Å². The molecule has 2 rings (SSSR count). The molecule has 0 atom stereocenters. The molecule has 0 aromatic heterocycles. The van der Waals surface area contributed by atoms with Gasteiger partial charge in [0.2, 0.25) is 11.8 Å². The minimum absolute atomic E-state index is 0.181. The lowest BCUT2D eigenvalue weighted by molar-refractivity contribution is -0.134. The second-order valence-electron chi connectivity index (χ2n) is 9.95. The van der Waals surface area contributed by atoms with E-state index in [0.717, 1.165) is 38.8 Å². The highest BCUT2D eigenvalue weighted by molar-refractivity contribution is 5.89. The molecule has 2 saturated heterocycles. The third-order valence-electron chi connectivity index (χ3n) is 5.66. The van der Waals surface area contributed by atoms with Crippen molar-refractivity contribution >= 4 is 11.8 Å². The first-order valence-electron chi connectivity index (χ1n) is 9.94. The maximum Gasteiger partial charge on any atom is 0.243 e. The van der Waals surface area contributed by atoms with Gasteiger partial charge in [-0.05, 0) is 68.2 Å². The fourth-order valence-electron chi connectivity index (χ4n) is 4.61. The van der Waals surface area contributed by atoms with Crippen LogP contribution in [0.25, 0.3) is 0 Å². The summed E-state index contributed by atoms with van der Waals surface area (Å²) in [6.45, 7) is 17.6. The van der Waals surface area contributed by atoms with Crippen molar-refractivity contribution in [3.05, 3.63) is 0 Å². The summed E-state index contributed by atoms with van der Waals surface area (Å²) in [6, 6.07) is 0. The van der Waals surface area contributed by atoms with Gasteiger partial charge in [-0.1, -0.05) is 12.8 Å². The molecule has 0 spiro atoms. The maximum absolute atomic E-state index is 12.5. The van der Waals surface area contributed by atoms with Crippen molar-refractivity contribution < 1.29 is 9.59 Å². The summed E-state index contributed by atoms with van der Waals surface area (Å²) in [5.41, 5.74) is -1.54. The minimum Gasteiger partial charge on any atom is -0.323 e. The predicted molar refractivity (Wildman–Crippen MR) is 104 cm³/mol. The molecule has 2 amide bonds. The van der Waals surface area contributed by atoms with Crippen LogP contribution in [0.4, 0.5) is 0 Å². The van der Waals surface area contributed by atoms with Gasteiger partial charge in [-0.25, -0.2) is 0 Å². The zero-order chi connectivity index (χ0) is 20.0. The Labute approximate surface area is 159 Å². The molecule has 2 fully saturated rings. The third-order valence-corrected chi connectivity index (χ3v) is 5.66. The smallest absolute Gasteiger partial charge is 0.243 e. The lowest BCUT2D eigenvalue weighted by atomic mass is 10.1. The summed E-state index contributed by atoms with van der Waals surface area (Å²) in [6.07, 6.45) is 4.13. The number of hydrogen-bond donors (Lipinski definition) is 2. The summed E-state index contributed by atoms with van der Waals surface area (Å²) in [7, 11) is 0. The predicted octanol–water partition coefficient (Wildman–Crippen LogP) is 2.44. The van der Waals surface area contributed by atoms with Crippen LogP contribution in [0.2, 0.25) is 0 Å². The number of carbonyl (C=O) groups is 2. The fraction of sp³-hybridized carbons (Fsp3) is 0.900. The number of rotatable bonds is 7. The largest absolute Gasteiger partial charge is 0.323 e. The molecule has 2 aliphatic rings. The molecular formula is C20H38N4O2. The Morgan fingerprint density at radius 3 is 1.15 bits per heavy atom.